The molecule has 2 aromatic heterocycles. The van der Waals surface area contributed by atoms with Crippen LogP contribution in [0.15, 0.2) is 54.0 Å². The molecule has 0 spiro atoms. The number of fused-ring (bicyclic) bond motifs is 2. The topological polar surface area (TPSA) is 92.9 Å². The van der Waals surface area contributed by atoms with Crippen LogP contribution in [0.3, 0.4) is 0 Å². The number of halogens is 1. The van der Waals surface area contributed by atoms with Crippen LogP contribution in [0.2, 0.25) is 0 Å². The number of hydrogen-bond acceptors (Lipinski definition) is 6. The molecule has 164 valence electrons. The van der Waals surface area contributed by atoms with Gasteiger partial charge in [-0.1, -0.05) is 12.6 Å². The second kappa shape index (κ2) is 7.94. The number of piperidine rings is 1. The summed E-state index contributed by atoms with van der Waals surface area (Å²) in [5.41, 5.74) is 2.66. The zero-order chi connectivity index (χ0) is 22.4. The van der Waals surface area contributed by atoms with Gasteiger partial charge in [-0.05, 0) is 49.1 Å². The molecule has 2 unspecified atom stereocenters. The molecule has 32 heavy (non-hydrogen) atoms. The van der Waals surface area contributed by atoms with E-state index in [0.717, 1.165) is 19.3 Å². The molecule has 1 aromatic carbocycles. The quantitative estimate of drug-likeness (QED) is 0.657. The molecular weight excluding hydrogens is 409 g/mol. The Hall–Kier alpha value is -3.39. The zero-order valence-electron chi connectivity index (χ0n) is 17.7. The summed E-state index contributed by atoms with van der Waals surface area (Å²) in [5.74, 6) is 0.195. The van der Waals surface area contributed by atoms with E-state index in [1.54, 1.807) is 37.4 Å². The summed E-state index contributed by atoms with van der Waals surface area (Å²) in [6, 6.07) is 10.2. The highest BCUT2D eigenvalue weighted by atomic mass is 19.1. The van der Waals surface area contributed by atoms with Crippen LogP contribution in [0.5, 0.6) is 5.75 Å². The second-order valence-corrected chi connectivity index (χ2v) is 8.56. The SMILES string of the molecule is C=C(c1ccc(-c2ccc(-c3nccc(=O)n3C)cc2O)nn1)[C@@H]1CC2CCC(N2)[C@H]1F. The molecule has 3 aromatic rings. The normalized spacial score (nSPS) is 24.4. The minimum Gasteiger partial charge on any atom is -0.507 e. The Morgan fingerprint density at radius 3 is 2.81 bits per heavy atom. The second-order valence-electron chi connectivity index (χ2n) is 8.56. The molecule has 0 amide bonds. The molecule has 0 radical (unpaired) electrons. The van der Waals surface area contributed by atoms with E-state index < -0.39 is 6.17 Å². The lowest BCUT2D eigenvalue weighted by atomic mass is 9.83. The molecule has 0 saturated carbocycles. The van der Waals surface area contributed by atoms with Gasteiger partial charge in [-0.25, -0.2) is 9.37 Å². The number of rotatable bonds is 4. The zero-order valence-corrected chi connectivity index (χ0v) is 17.7. The minimum atomic E-state index is -0.970. The number of allylic oxidation sites excluding steroid dienone is 1. The molecule has 2 aliphatic rings. The molecule has 7 nitrogen and oxygen atoms in total. The van der Waals surface area contributed by atoms with E-state index in [4.69, 9.17) is 0 Å². The maximum Gasteiger partial charge on any atom is 0.253 e. The largest absolute Gasteiger partial charge is 0.507 e. The first-order valence-electron chi connectivity index (χ1n) is 10.7. The van der Waals surface area contributed by atoms with Crippen molar-refractivity contribution in [3.05, 3.63) is 65.2 Å². The average molecular weight is 433 g/mol. The Balaban J connectivity index is 1.39. The highest BCUT2D eigenvalue weighted by molar-refractivity contribution is 5.73. The van der Waals surface area contributed by atoms with Crippen LogP contribution in [0.1, 0.15) is 25.0 Å². The van der Waals surface area contributed by atoms with Crippen molar-refractivity contribution in [3.63, 3.8) is 0 Å². The van der Waals surface area contributed by atoms with E-state index in [-0.39, 0.29) is 23.3 Å². The van der Waals surface area contributed by atoms with Gasteiger partial charge < -0.3 is 10.4 Å². The molecule has 4 atom stereocenters. The molecule has 2 saturated heterocycles. The van der Waals surface area contributed by atoms with Gasteiger partial charge in [0.15, 0.2) is 0 Å². The van der Waals surface area contributed by atoms with Gasteiger partial charge >= 0.3 is 0 Å². The van der Waals surface area contributed by atoms with Crippen LogP contribution in [-0.4, -0.2) is 43.1 Å². The monoisotopic (exact) mass is 433 g/mol. The third kappa shape index (κ3) is 3.50. The Labute approximate surface area is 184 Å². The standard InChI is InChI=1S/C24H24FN5O2/c1-13(17-12-15-4-6-20(27-15)23(17)25)18-7-8-19(29-28-18)16-5-3-14(11-21(16)31)24-26-10-9-22(32)30(24)2/h3,5,7-11,15,17,20,23,27,31H,1,4,6,12H2,2H3/t15?,17-,20?,23-/m0/s1. The number of aromatic nitrogens is 4. The highest BCUT2D eigenvalue weighted by Crippen LogP contribution is 2.40. The van der Waals surface area contributed by atoms with Crippen LogP contribution in [-0.2, 0) is 7.05 Å². The average Bonchev–Trinajstić information content (AvgIpc) is 3.21. The number of alkyl halides is 1. The number of benzene rings is 1. The first-order chi connectivity index (χ1) is 15.4. The summed E-state index contributed by atoms with van der Waals surface area (Å²) < 4.78 is 16.3. The van der Waals surface area contributed by atoms with E-state index >= 15 is 0 Å². The third-order valence-corrected chi connectivity index (χ3v) is 6.62. The third-order valence-electron chi connectivity index (χ3n) is 6.62. The number of hydrogen-bond donors (Lipinski definition) is 2. The fourth-order valence-corrected chi connectivity index (χ4v) is 4.81. The van der Waals surface area contributed by atoms with Gasteiger partial charge in [0.25, 0.3) is 5.56 Å². The highest BCUT2D eigenvalue weighted by Gasteiger charge is 2.43. The van der Waals surface area contributed by atoms with Crippen molar-refractivity contribution >= 4 is 5.57 Å². The van der Waals surface area contributed by atoms with Gasteiger partial charge in [-0.15, -0.1) is 5.10 Å². The van der Waals surface area contributed by atoms with Gasteiger partial charge in [-0.3, -0.25) is 9.36 Å². The van der Waals surface area contributed by atoms with Crippen molar-refractivity contribution < 1.29 is 9.50 Å². The van der Waals surface area contributed by atoms with Crippen molar-refractivity contribution in [2.24, 2.45) is 13.0 Å². The van der Waals surface area contributed by atoms with Crippen LogP contribution in [0, 0.1) is 5.92 Å². The van der Waals surface area contributed by atoms with Gasteiger partial charge in [-0.2, -0.15) is 5.10 Å². The Morgan fingerprint density at radius 2 is 2.06 bits per heavy atom. The predicted octanol–water partition coefficient (Wildman–Crippen LogP) is 3.10. The number of nitrogens with zero attached hydrogens (tertiary/aromatic N) is 4. The maximum absolute atomic E-state index is 14.9. The molecule has 2 N–H and O–H groups in total. The van der Waals surface area contributed by atoms with Crippen molar-refractivity contribution in [2.45, 2.75) is 37.5 Å². The summed E-state index contributed by atoms with van der Waals surface area (Å²) in [7, 11) is 1.63. The number of aromatic hydroxyl groups is 1. The summed E-state index contributed by atoms with van der Waals surface area (Å²) >= 11 is 0. The smallest absolute Gasteiger partial charge is 0.253 e. The van der Waals surface area contributed by atoms with E-state index in [9.17, 15) is 14.3 Å². The molecule has 4 heterocycles. The lowest BCUT2D eigenvalue weighted by Gasteiger charge is -2.33. The fraction of sp³-hybridized carbons (Fsp3) is 0.333. The summed E-state index contributed by atoms with van der Waals surface area (Å²) in [5, 5.41) is 22.5. The Morgan fingerprint density at radius 1 is 1.22 bits per heavy atom. The van der Waals surface area contributed by atoms with E-state index in [1.165, 1.54) is 16.8 Å². The number of phenols is 1. The predicted molar refractivity (Wildman–Crippen MR) is 120 cm³/mol. The van der Waals surface area contributed by atoms with Gasteiger partial charge in [0.05, 0.1) is 11.4 Å². The molecule has 2 fully saturated rings. The molecule has 2 aliphatic heterocycles. The van der Waals surface area contributed by atoms with Crippen LogP contribution in [0.4, 0.5) is 4.39 Å². The van der Waals surface area contributed by atoms with Crippen molar-refractivity contribution in [1.29, 1.82) is 0 Å². The summed E-state index contributed by atoms with van der Waals surface area (Å²) in [4.78, 5) is 16.1. The molecule has 8 heteroatoms. The molecule has 2 bridgehead atoms. The summed E-state index contributed by atoms with van der Waals surface area (Å²) in [6.07, 6.45) is 3.05. The van der Waals surface area contributed by atoms with E-state index in [2.05, 4.69) is 27.1 Å². The molecular formula is C24H24FN5O2. The molecule has 5 rings (SSSR count). The Kier molecular flexibility index (Phi) is 5.09. The lowest BCUT2D eigenvalue weighted by molar-refractivity contribution is 0.167. The number of phenolic OH excluding ortho intramolecular Hbond substituents is 1. The fourth-order valence-electron chi connectivity index (χ4n) is 4.81. The van der Waals surface area contributed by atoms with Gasteiger partial charge in [0.2, 0.25) is 0 Å². The lowest BCUT2D eigenvalue weighted by Crippen LogP contribution is -2.47. The molecule has 0 aliphatic carbocycles. The van der Waals surface area contributed by atoms with Crippen molar-refractivity contribution in [1.82, 2.24) is 25.1 Å². The van der Waals surface area contributed by atoms with Crippen LogP contribution < -0.4 is 10.9 Å². The minimum absolute atomic E-state index is 0.000214. The van der Waals surface area contributed by atoms with Crippen LogP contribution in [0.25, 0.3) is 28.2 Å². The van der Waals surface area contributed by atoms with Crippen molar-refractivity contribution in [2.75, 3.05) is 0 Å². The van der Waals surface area contributed by atoms with E-state index in [1.807, 2.05) is 0 Å². The first kappa shape index (κ1) is 20.5. The van der Waals surface area contributed by atoms with Crippen LogP contribution >= 0.6 is 0 Å². The van der Waals surface area contributed by atoms with Gasteiger partial charge in [0, 0.05) is 48.4 Å². The maximum atomic E-state index is 14.9. The Bertz CT molecular complexity index is 1240. The summed E-state index contributed by atoms with van der Waals surface area (Å²) in [6.45, 7) is 4.12. The number of nitrogens with one attached hydrogen (secondary N) is 1. The first-order valence-corrected chi connectivity index (χ1v) is 10.7. The van der Waals surface area contributed by atoms with Crippen molar-refractivity contribution in [3.8, 4) is 28.4 Å². The van der Waals surface area contributed by atoms with E-state index in [0.29, 0.717) is 40.0 Å². The van der Waals surface area contributed by atoms with Gasteiger partial charge in [0.1, 0.15) is 17.7 Å².